The summed E-state index contributed by atoms with van der Waals surface area (Å²) in [5, 5.41) is 12.8. The van der Waals surface area contributed by atoms with E-state index >= 15 is 0 Å². The molecule has 21 heavy (non-hydrogen) atoms. The molecular weight excluding hydrogens is 300 g/mol. The maximum atomic E-state index is 13.5. The van der Waals surface area contributed by atoms with Gasteiger partial charge in [0.2, 0.25) is 0 Å². The van der Waals surface area contributed by atoms with Gasteiger partial charge >= 0.3 is 0 Å². The second kappa shape index (κ2) is 7.24. The fraction of sp³-hybridized carbons (Fsp3) is 0.200. The Labute approximate surface area is 126 Å². The molecule has 2 N–H and O–H groups in total. The minimum atomic E-state index is -0.842. The summed E-state index contributed by atoms with van der Waals surface area (Å²) in [6.07, 6.45) is -0.842. The molecule has 0 amide bonds. The van der Waals surface area contributed by atoms with Crippen molar-refractivity contribution in [3.8, 4) is 5.75 Å². The first-order valence-corrected chi connectivity index (χ1v) is 6.68. The molecule has 0 bridgehead atoms. The SMILES string of the molecule is OC(CNc1ccc(Cl)cc1F)COc1ccc(F)cc1. The summed E-state index contributed by atoms with van der Waals surface area (Å²) in [5.41, 5.74) is 0.250. The smallest absolute Gasteiger partial charge is 0.147 e. The summed E-state index contributed by atoms with van der Waals surface area (Å²) in [5.74, 6) is -0.398. The van der Waals surface area contributed by atoms with Gasteiger partial charge in [-0.2, -0.15) is 0 Å². The van der Waals surface area contributed by atoms with Crippen molar-refractivity contribution in [2.75, 3.05) is 18.5 Å². The van der Waals surface area contributed by atoms with E-state index in [1.165, 1.54) is 36.4 Å². The molecule has 0 saturated heterocycles. The average molecular weight is 314 g/mol. The Morgan fingerprint density at radius 1 is 1.14 bits per heavy atom. The molecule has 0 aliphatic carbocycles. The first-order chi connectivity index (χ1) is 10.0. The molecule has 0 heterocycles. The van der Waals surface area contributed by atoms with E-state index in [2.05, 4.69) is 5.32 Å². The third kappa shape index (κ3) is 4.88. The second-order valence-electron chi connectivity index (χ2n) is 4.42. The zero-order chi connectivity index (χ0) is 15.2. The third-order valence-corrected chi connectivity index (χ3v) is 2.95. The summed E-state index contributed by atoms with van der Waals surface area (Å²) in [4.78, 5) is 0. The molecule has 0 spiro atoms. The van der Waals surface area contributed by atoms with Gasteiger partial charge in [-0.15, -0.1) is 0 Å². The normalized spacial score (nSPS) is 12.0. The standard InChI is InChI=1S/C15H14ClF2NO2/c16-10-1-6-15(14(18)7-10)19-8-12(20)9-21-13-4-2-11(17)3-5-13/h1-7,12,19-20H,8-9H2. The summed E-state index contributed by atoms with van der Waals surface area (Å²) < 4.78 is 31.5. The number of halogens is 3. The lowest BCUT2D eigenvalue weighted by molar-refractivity contribution is 0.117. The first kappa shape index (κ1) is 15.5. The minimum Gasteiger partial charge on any atom is -0.491 e. The van der Waals surface area contributed by atoms with Crippen molar-refractivity contribution in [1.82, 2.24) is 0 Å². The van der Waals surface area contributed by atoms with Gasteiger partial charge in [0.05, 0.1) is 5.69 Å². The minimum absolute atomic E-state index is 0.00778. The number of ether oxygens (including phenoxy) is 1. The highest BCUT2D eigenvalue weighted by Gasteiger charge is 2.08. The lowest BCUT2D eigenvalue weighted by Crippen LogP contribution is -2.26. The van der Waals surface area contributed by atoms with E-state index in [1.807, 2.05) is 0 Å². The van der Waals surface area contributed by atoms with E-state index in [-0.39, 0.29) is 24.7 Å². The molecule has 0 aliphatic heterocycles. The molecule has 1 atom stereocenters. The topological polar surface area (TPSA) is 41.5 Å². The Morgan fingerprint density at radius 2 is 1.86 bits per heavy atom. The number of rotatable bonds is 6. The molecule has 112 valence electrons. The third-order valence-electron chi connectivity index (χ3n) is 2.72. The number of aliphatic hydroxyl groups is 1. The van der Waals surface area contributed by atoms with Gasteiger partial charge in [0.1, 0.15) is 30.1 Å². The number of hydrogen-bond donors (Lipinski definition) is 2. The quantitative estimate of drug-likeness (QED) is 0.858. The van der Waals surface area contributed by atoms with Crippen LogP contribution in [0, 0.1) is 11.6 Å². The van der Waals surface area contributed by atoms with Gasteiger partial charge in [0, 0.05) is 11.6 Å². The van der Waals surface area contributed by atoms with Crippen LogP contribution in [0.25, 0.3) is 0 Å². The lowest BCUT2D eigenvalue weighted by Gasteiger charge is -2.14. The fourth-order valence-corrected chi connectivity index (χ4v) is 1.80. The van der Waals surface area contributed by atoms with Gasteiger partial charge in [-0.05, 0) is 42.5 Å². The molecule has 2 rings (SSSR count). The molecule has 6 heteroatoms. The second-order valence-corrected chi connectivity index (χ2v) is 4.86. The van der Waals surface area contributed by atoms with Crippen molar-refractivity contribution in [3.05, 3.63) is 59.1 Å². The van der Waals surface area contributed by atoms with Crippen molar-refractivity contribution < 1.29 is 18.6 Å². The average Bonchev–Trinajstić information content (AvgIpc) is 2.46. The Bertz CT molecular complexity index is 593. The molecule has 0 radical (unpaired) electrons. The van der Waals surface area contributed by atoms with E-state index in [1.54, 1.807) is 6.07 Å². The van der Waals surface area contributed by atoms with Gasteiger partial charge in [-0.3, -0.25) is 0 Å². The van der Waals surface area contributed by atoms with Crippen molar-refractivity contribution in [1.29, 1.82) is 0 Å². The van der Waals surface area contributed by atoms with Crippen molar-refractivity contribution in [3.63, 3.8) is 0 Å². The predicted molar refractivity (Wildman–Crippen MR) is 77.8 cm³/mol. The van der Waals surface area contributed by atoms with Crippen LogP contribution in [-0.4, -0.2) is 24.4 Å². The van der Waals surface area contributed by atoms with Crippen LogP contribution in [0.2, 0.25) is 5.02 Å². The highest BCUT2D eigenvalue weighted by Crippen LogP contribution is 2.18. The molecule has 2 aromatic rings. The van der Waals surface area contributed by atoms with Crippen LogP contribution in [0.3, 0.4) is 0 Å². The largest absolute Gasteiger partial charge is 0.491 e. The van der Waals surface area contributed by atoms with Crippen LogP contribution >= 0.6 is 11.6 Å². The van der Waals surface area contributed by atoms with Crippen LogP contribution in [-0.2, 0) is 0 Å². The van der Waals surface area contributed by atoms with E-state index in [4.69, 9.17) is 16.3 Å². The number of nitrogens with one attached hydrogen (secondary N) is 1. The summed E-state index contributed by atoms with van der Waals surface area (Å²) in [6.45, 7) is 0.119. The molecule has 0 fully saturated rings. The number of anilines is 1. The first-order valence-electron chi connectivity index (χ1n) is 6.30. The lowest BCUT2D eigenvalue weighted by atomic mass is 10.3. The van der Waals surface area contributed by atoms with E-state index in [0.29, 0.717) is 10.8 Å². The van der Waals surface area contributed by atoms with Crippen molar-refractivity contribution in [2.45, 2.75) is 6.10 Å². The van der Waals surface area contributed by atoms with Crippen LogP contribution in [0.15, 0.2) is 42.5 Å². The molecule has 3 nitrogen and oxygen atoms in total. The molecule has 0 aliphatic rings. The van der Waals surface area contributed by atoms with E-state index in [9.17, 15) is 13.9 Å². The van der Waals surface area contributed by atoms with Crippen LogP contribution in [0.4, 0.5) is 14.5 Å². The van der Waals surface area contributed by atoms with Gasteiger partial charge in [0.15, 0.2) is 0 Å². The molecule has 0 aromatic heterocycles. The van der Waals surface area contributed by atoms with Gasteiger partial charge in [-0.25, -0.2) is 8.78 Å². The maximum Gasteiger partial charge on any atom is 0.147 e. The van der Waals surface area contributed by atoms with Crippen LogP contribution in [0.5, 0.6) is 5.75 Å². The zero-order valence-electron chi connectivity index (χ0n) is 11.0. The maximum absolute atomic E-state index is 13.5. The number of benzene rings is 2. The van der Waals surface area contributed by atoms with Gasteiger partial charge in [0.25, 0.3) is 0 Å². The van der Waals surface area contributed by atoms with E-state index < -0.39 is 11.9 Å². The Morgan fingerprint density at radius 3 is 2.52 bits per heavy atom. The summed E-state index contributed by atoms with van der Waals surface area (Å²) >= 11 is 5.64. The highest BCUT2D eigenvalue weighted by atomic mass is 35.5. The molecule has 2 aromatic carbocycles. The number of hydrogen-bond acceptors (Lipinski definition) is 3. The fourth-order valence-electron chi connectivity index (χ4n) is 1.64. The molecule has 0 saturated carbocycles. The monoisotopic (exact) mass is 313 g/mol. The Balaban J connectivity index is 1.79. The molecular formula is C15H14ClF2NO2. The Kier molecular flexibility index (Phi) is 5.36. The van der Waals surface area contributed by atoms with Gasteiger partial charge < -0.3 is 15.2 Å². The zero-order valence-corrected chi connectivity index (χ0v) is 11.8. The summed E-state index contributed by atoms with van der Waals surface area (Å²) in [6, 6.07) is 9.69. The predicted octanol–water partition coefficient (Wildman–Crippen LogP) is 3.47. The van der Waals surface area contributed by atoms with Gasteiger partial charge in [-0.1, -0.05) is 11.6 Å². The van der Waals surface area contributed by atoms with Crippen LogP contribution < -0.4 is 10.1 Å². The van der Waals surface area contributed by atoms with E-state index in [0.717, 1.165) is 0 Å². The Hall–Kier alpha value is -1.85. The highest BCUT2D eigenvalue weighted by molar-refractivity contribution is 6.30. The number of aliphatic hydroxyl groups excluding tert-OH is 1. The molecule has 1 unspecified atom stereocenters. The van der Waals surface area contributed by atoms with Crippen molar-refractivity contribution >= 4 is 17.3 Å². The van der Waals surface area contributed by atoms with Crippen LogP contribution in [0.1, 0.15) is 0 Å². The summed E-state index contributed by atoms with van der Waals surface area (Å²) in [7, 11) is 0. The van der Waals surface area contributed by atoms with Crippen molar-refractivity contribution in [2.24, 2.45) is 0 Å².